The van der Waals surface area contributed by atoms with Gasteiger partial charge in [-0.25, -0.2) is 18.6 Å². The van der Waals surface area contributed by atoms with Crippen LogP contribution in [0.5, 0.6) is 5.88 Å². The van der Waals surface area contributed by atoms with Crippen molar-refractivity contribution in [2.75, 3.05) is 6.61 Å². The van der Waals surface area contributed by atoms with Gasteiger partial charge in [0.05, 0.1) is 12.2 Å². The maximum absolute atomic E-state index is 12.9. The van der Waals surface area contributed by atoms with E-state index in [0.717, 1.165) is 6.07 Å². The fraction of sp³-hybridized carbons (Fsp3) is 0.455. The molecule has 0 fully saturated rings. The van der Waals surface area contributed by atoms with Gasteiger partial charge < -0.3 is 15.2 Å². The van der Waals surface area contributed by atoms with Gasteiger partial charge in [0.15, 0.2) is 5.69 Å². The molecule has 0 unspecified atom stereocenters. The Morgan fingerprint density at radius 2 is 2.05 bits per heavy atom. The van der Waals surface area contributed by atoms with E-state index in [1.54, 1.807) is 0 Å². The number of hydrogen-bond donors (Lipinski definition) is 1. The minimum absolute atomic E-state index is 0.0649. The highest BCUT2D eigenvalue weighted by molar-refractivity contribution is 5.87. The number of nitrogens with two attached hydrogens (primary N) is 1. The van der Waals surface area contributed by atoms with Crippen molar-refractivity contribution in [2.45, 2.75) is 26.3 Å². The first-order chi connectivity index (χ1) is 9.69. The van der Waals surface area contributed by atoms with Gasteiger partial charge in [-0.2, -0.15) is 0 Å². The molecule has 0 radical (unpaired) electrons. The second-order valence-electron chi connectivity index (χ2n) is 3.66. The fourth-order valence-electron chi connectivity index (χ4n) is 1.48. The lowest BCUT2D eigenvalue weighted by molar-refractivity contribution is -0.276. The Morgan fingerprint density at radius 3 is 2.48 bits per heavy atom. The number of ether oxygens (including phenoxy) is 2. The molecule has 1 aromatic heterocycles. The van der Waals surface area contributed by atoms with Gasteiger partial charge in [-0.15, -0.1) is 13.2 Å². The Labute approximate surface area is 115 Å². The largest absolute Gasteiger partial charge is 0.574 e. The summed E-state index contributed by atoms with van der Waals surface area (Å²) in [6.45, 7) is 0.871. The third-order valence-electron chi connectivity index (χ3n) is 2.24. The van der Waals surface area contributed by atoms with Crippen LogP contribution in [-0.2, 0) is 11.3 Å². The number of halogens is 5. The van der Waals surface area contributed by atoms with Gasteiger partial charge in [-0.1, -0.05) is 0 Å². The maximum Gasteiger partial charge on any atom is 0.574 e. The Bertz CT molecular complexity index is 519. The molecule has 0 aliphatic rings. The van der Waals surface area contributed by atoms with Gasteiger partial charge in [0.25, 0.3) is 6.43 Å². The first kappa shape index (κ1) is 17.1. The third kappa shape index (κ3) is 4.52. The number of alkyl halides is 5. The van der Waals surface area contributed by atoms with Crippen molar-refractivity contribution in [1.29, 1.82) is 0 Å². The second kappa shape index (κ2) is 6.66. The van der Waals surface area contributed by atoms with Crippen molar-refractivity contribution in [3.63, 3.8) is 0 Å². The van der Waals surface area contributed by atoms with E-state index in [0.29, 0.717) is 0 Å². The molecule has 1 aromatic rings. The van der Waals surface area contributed by atoms with Crippen molar-refractivity contribution in [3.05, 3.63) is 22.9 Å². The minimum Gasteiger partial charge on any atom is -0.461 e. The molecule has 0 spiro atoms. The summed E-state index contributed by atoms with van der Waals surface area (Å²) in [5, 5.41) is 0. The van der Waals surface area contributed by atoms with Crippen molar-refractivity contribution in [3.8, 4) is 5.88 Å². The summed E-state index contributed by atoms with van der Waals surface area (Å²) >= 11 is 0. The number of rotatable bonds is 5. The van der Waals surface area contributed by atoms with Crippen molar-refractivity contribution < 1.29 is 36.2 Å². The molecule has 0 saturated heterocycles. The van der Waals surface area contributed by atoms with Crippen molar-refractivity contribution in [2.24, 2.45) is 5.73 Å². The van der Waals surface area contributed by atoms with Gasteiger partial charge in [0.1, 0.15) is 0 Å². The first-order valence-electron chi connectivity index (χ1n) is 5.64. The molecule has 0 aromatic carbocycles. The molecule has 1 heterocycles. The van der Waals surface area contributed by atoms with Crippen molar-refractivity contribution in [1.82, 2.24) is 4.98 Å². The minimum atomic E-state index is -5.24. The van der Waals surface area contributed by atoms with E-state index in [4.69, 9.17) is 5.73 Å². The third-order valence-corrected chi connectivity index (χ3v) is 2.24. The molecule has 10 heteroatoms. The quantitative estimate of drug-likeness (QED) is 0.668. The summed E-state index contributed by atoms with van der Waals surface area (Å²) in [5.41, 5.74) is 3.12. The van der Waals surface area contributed by atoms with Gasteiger partial charge in [0.2, 0.25) is 5.88 Å². The zero-order valence-corrected chi connectivity index (χ0v) is 10.7. The lowest BCUT2D eigenvalue weighted by Gasteiger charge is -2.16. The van der Waals surface area contributed by atoms with Crippen LogP contribution in [0.2, 0.25) is 0 Å². The zero-order chi connectivity index (χ0) is 16.2. The topological polar surface area (TPSA) is 74.4 Å². The Hall–Kier alpha value is -1.97. The summed E-state index contributed by atoms with van der Waals surface area (Å²) in [6.07, 6.45) is -8.54. The van der Waals surface area contributed by atoms with Crippen LogP contribution in [-0.4, -0.2) is 23.9 Å². The molecule has 0 bridgehead atoms. The van der Waals surface area contributed by atoms with E-state index in [-0.39, 0.29) is 12.2 Å². The van der Waals surface area contributed by atoms with E-state index >= 15 is 0 Å². The number of hydrogen-bond acceptors (Lipinski definition) is 5. The number of pyridine rings is 1. The Balaban J connectivity index is 3.40. The molecule has 0 amide bonds. The van der Waals surface area contributed by atoms with E-state index in [1.807, 2.05) is 0 Å². The van der Waals surface area contributed by atoms with Crippen LogP contribution in [0.25, 0.3) is 0 Å². The number of esters is 1. The van der Waals surface area contributed by atoms with Crippen LogP contribution in [0, 0.1) is 0 Å². The van der Waals surface area contributed by atoms with Gasteiger partial charge >= 0.3 is 12.3 Å². The second-order valence-corrected chi connectivity index (χ2v) is 3.66. The molecule has 0 saturated carbocycles. The maximum atomic E-state index is 12.9. The predicted molar refractivity (Wildman–Crippen MR) is 59.7 cm³/mol. The Morgan fingerprint density at radius 1 is 1.43 bits per heavy atom. The van der Waals surface area contributed by atoms with Crippen LogP contribution >= 0.6 is 0 Å². The number of aromatic nitrogens is 1. The molecule has 21 heavy (non-hydrogen) atoms. The highest BCUT2D eigenvalue weighted by Crippen LogP contribution is 2.34. The van der Waals surface area contributed by atoms with Gasteiger partial charge in [0, 0.05) is 6.54 Å². The zero-order valence-electron chi connectivity index (χ0n) is 10.7. The fourth-order valence-corrected chi connectivity index (χ4v) is 1.48. The van der Waals surface area contributed by atoms with Gasteiger partial charge in [-0.05, 0) is 18.6 Å². The molecule has 5 nitrogen and oxygen atoms in total. The highest BCUT2D eigenvalue weighted by atomic mass is 19.4. The van der Waals surface area contributed by atoms with E-state index in [9.17, 15) is 26.7 Å². The average Bonchev–Trinajstić information content (AvgIpc) is 2.35. The lowest BCUT2D eigenvalue weighted by Crippen LogP contribution is -2.21. The predicted octanol–water partition coefficient (Wildman–Crippen LogP) is 2.55. The molecule has 2 N–H and O–H groups in total. The number of carbonyl (C=O) groups is 1. The molecular weight excluding hydrogens is 303 g/mol. The smallest absolute Gasteiger partial charge is 0.461 e. The molecule has 0 aliphatic heterocycles. The van der Waals surface area contributed by atoms with E-state index < -0.39 is 42.4 Å². The summed E-state index contributed by atoms with van der Waals surface area (Å²) in [5.74, 6) is -2.48. The summed E-state index contributed by atoms with van der Waals surface area (Å²) in [7, 11) is 0. The average molecular weight is 314 g/mol. The molecule has 0 aliphatic carbocycles. The SMILES string of the molecule is CCOC(=O)c1cc(CN)c(C(F)F)c(OC(F)(F)F)n1. The number of carbonyl (C=O) groups excluding carboxylic acids is 1. The summed E-state index contributed by atoms with van der Waals surface area (Å²) < 4.78 is 70.5. The summed E-state index contributed by atoms with van der Waals surface area (Å²) in [4.78, 5) is 14.6. The molecule has 118 valence electrons. The monoisotopic (exact) mass is 314 g/mol. The highest BCUT2D eigenvalue weighted by Gasteiger charge is 2.35. The van der Waals surface area contributed by atoms with Crippen LogP contribution in [0.1, 0.15) is 35.0 Å². The van der Waals surface area contributed by atoms with Crippen LogP contribution in [0.3, 0.4) is 0 Å². The Kier molecular flexibility index (Phi) is 5.41. The molecule has 1 rings (SSSR count). The number of nitrogens with zero attached hydrogens (tertiary/aromatic N) is 1. The van der Waals surface area contributed by atoms with E-state index in [1.165, 1.54) is 6.92 Å². The molecular formula is C11H11F5N2O3. The molecule has 0 atom stereocenters. The van der Waals surface area contributed by atoms with Crippen LogP contribution in [0.4, 0.5) is 22.0 Å². The standard InChI is InChI=1S/C11H11F5N2O3/c1-2-20-10(19)6-3-5(4-17)7(8(12)13)9(18-6)21-11(14,15)16/h3,8H,2,4,17H2,1H3. The first-order valence-corrected chi connectivity index (χ1v) is 5.64. The summed E-state index contributed by atoms with van der Waals surface area (Å²) in [6, 6.07) is 0.850. The van der Waals surface area contributed by atoms with Gasteiger partial charge in [-0.3, -0.25) is 0 Å². The van der Waals surface area contributed by atoms with Crippen LogP contribution < -0.4 is 10.5 Å². The normalized spacial score (nSPS) is 11.6. The lowest BCUT2D eigenvalue weighted by atomic mass is 10.1. The van der Waals surface area contributed by atoms with E-state index in [2.05, 4.69) is 14.5 Å². The van der Waals surface area contributed by atoms with Crippen molar-refractivity contribution >= 4 is 5.97 Å². The van der Waals surface area contributed by atoms with Crippen LogP contribution in [0.15, 0.2) is 6.07 Å².